The van der Waals surface area contributed by atoms with Crippen molar-refractivity contribution in [3.63, 3.8) is 0 Å². The van der Waals surface area contributed by atoms with Crippen LogP contribution in [0.5, 0.6) is 5.75 Å². The molecule has 28 heavy (non-hydrogen) atoms. The highest BCUT2D eigenvalue weighted by Gasteiger charge is 2.24. The van der Waals surface area contributed by atoms with Gasteiger partial charge in [0.15, 0.2) is 5.12 Å². The van der Waals surface area contributed by atoms with Gasteiger partial charge in [-0.1, -0.05) is 36.0 Å². The standard InChI is InChI=1S/C24H29NO2S/c1-25(14-13-17-9-11-23-18(15-17)10-12-24(26)28-23)16-19-5-3-7-21-20(19)6-4-8-22(21)27-2/h4,6,8-9,11,15,19H,3,5,7,10,12-14,16H2,1-2H3. The minimum absolute atomic E-state index is 0.296. The van der Waals surface area contributed by atoms with Gasteiger partial charge in [-0.2, -0.15) is 0 Å². The Morgan fingerprint density at radius 3 is 2.93 bits per heavy atom. The maximum Gasteiger partial charge on any atom is 0.194 e. The van der Waals surface area contributed by atoms with Crippen molar-refractivity contribution in [3.8, 4) is 5.75 Å². The van der Waals surface area contributed by atoms with E-state index in [0.717, 1.165) is 43.0 Å². The van der Waals surface area contributed by atoms with Crippen LogP contribution in [0.4, 0.5) is 0 Å². The highest BCUT2D eigenvalue weighted by atomic mass is 32.2. The Morgan fingerprint density at radius 1 is 1.18 bits per heavy atom. The Balaban J connectivity index is 1.37. The van der Waals surface area contributed by atoms with Crippen molar-refractivity contribution in [1.29, 1.82) is 0 Å². The van der Waals surface area contributed by atoms with Crippen molar-refractivity contribution in [2.75, 3.05) is 27.2 Å². The Bertz CT molecular complexity index is 864. The van der Waals surface area contributed by atoms with Gasteiger partial charge < -0.3 is 9.64 Å². The molecule has 1 unspecified atom stereocenters. The van der Waals surface area contributed by atoms with Crippen LogP contribution in [0.15, 0.2) is 41.3 Å². The van der Waals surface area contributed by atoms with Crippen molar-refractivity contribution >= 4 is 16.9 Å². The number of aryl methyl sites for hydroxylation is 1. The second-order valence-corrected chi connectivity index (χ2v) is 9.14. The monoisotopic (exact) mass is 395 g/mol. The topological polar surface area (TPSA) is 29.5 Å². The molecule has 2 aromatic carbocycles. The first-order chi connectivity index (χ1) is 13.6. The molecule has 1 aliphatic heterocycles. The van der Waals surface area contributed by atoms with Crippen LogP contribution in [0.2, 0.25) is 0 Å². The molecule has 0 N–H and O–H groups in total. The number of ether oxygens (including phenoxy) is 1. The molecule has 1 aliphatic carbocycles. The lowest BCUT2D eigenvalue weighted by Gasteiger charge is -2.30. The Labute approximate surface area is 172 Å². The number of benzene rings is 2. The number of carbonyl (C=O) groups is 1. The SMILES string of the molecule is COc1cccc2c1CCCC2CN(C)CCc1ccc2c(c1)CCC(=O)S2. The van der Waals surface area contributed by atoms with E-state index in [1.807, 2.05) is 0 Å². The molecule has 0 bridgehead atoms. The minimum atomic E-state index is 0.296. The van der Waals surface area contributed by atoms with E-state index >= 15 is 0 Å². The zero-order valence-corrected chi connectivity index (χ0v) is 17.7. The van der Waals surface area contributed by atoms with Gasteiger partial charge in [0.1, 0.15) is 5.75 Å². The van der Waals surface area contributed by atoms with Gasteiger partial charge in [0.05, 0.1) is 7.11 Å². The summed E-state index contributed by atoms with van der Waals surface area (Å²) in [6.45, 7) is 2.15. The smallest absolute Gasteiger partial charge is 0.194 e. The molecular formula is C24H29NO2S. The van der Waals surface area contributed by atoms with Gasteiger partial charge >= 0.3 is 0 Å². The Morgan fingerprint density at radius 2 is 2.07 bits per heavy atom. The van der Waals surface area contributed by atoms with Crippen LogP contribution >= 0.6 is 11.8 Å². The fraction of sp³-hybridized carbons (Fsp3) is 0.458. The Kier molecular flexibility index (Phi) is 6.07. The van der Waals surface area contributed by atoms with Crippen LogP contribution in [0.25, 0.3) is 0 Å². The average Bonchev–Trinajstić information content (AvgIpc) is 2.72. The predicted octanol–water partition coefficient (Wildman–Crippen LogP) is 4.85. The summed E-state index contributed by atoms with van der Waals surface area (Å²) in [7, 11) is 4.01. The maximum absolute atomic E-state index is 11.6. The summed E-state index contributed by atoms with van der Waals surface area (Å²) in [6, 6.07) is 13.1. The fourth-order valence-electron chi connectivity index (χ4n) is 4.58. The van der Waals surface area contributed by atoms with Crippen LogP contribution in [-0.2, 0) is 24.1 Å². The molecule has 2 aliphatic rings. The quantitative estimate of drug-likeness (QED) is 0.699. The normalized spacial score (nSPS) is 18.7. The third kappa shape index (κ3) is 4.28. The molecule has 0 spiro atoms. The van der Waals surface area contributed by atoms with Gasteiger partial charge in [-0.05, 0) is 79.5 Å². The second-order valence-electron chi connectivity index (χ2n) is 8.05. The molecule has 0 saturated carbocycles. The van der Waals surface area contributed by atoms with E-state index in [1.165, 1.54) is 46.9 Å². The number of hydrogen-bond donors (Lipinski definition) is 0. The summed E-state index contributed by atoms with van der Waals surface area (Å²) in [4.78, 5) is 15.2. The molecule has 2 aromatic rings. The van der Waals surface area contributed by atoms with E-state index < -0.39 is 0 Å². The molecule has 0 radical (unpaired) electrons. The molecule has 0 saturated heterocycles. The molecule has 148 valence electrons. The van der Waals surface area contributed by atoms with E-state index in [-0.39, 0.29) is 0 Å². The lowest BCUT2D eigenvalue weighted by molar-refractivity contribution is -0.111. The molecule has 0 aromatic heterocycles. The highest BCUT2D eigenvalue weighted by Crippen LogP contribution is 2.37. The second kappa shape index (κ2) is 8.71. The summed E-state index contributed by atoms with van der Waals surface area (Å²) >= 11 is 1.41. The molecule has 1 heterocycles. The molecule has 4 rings (SSSR count). The lowest BCUT2D eigenvalue weighted by atomic mass is 9.82. The van der Waals surface area contributed by atoms with Crippen LogP contribution in [-0.4, -0.2) is 37.3 Å². The molecule has 0 amide bonds. The third-order valence-electron chi connectivity index (χ3n) is 6.07. The van der Waals surface area contributed by atoms with Crippen LogP contribution in [0, 0.1) is 0 Å². The number of methoxy groups -OCH3 is 1. The maximum atomic E-state index is 11.6. The van der Waals surface area contributed by atoms with Crippen LogP contribution in [0.3, 0.4) is 0 Å². The fourth-order valence-corrected chi connectivity index (χ4v) is 5.45. The first kappa shape index (κ1) is 19.5. The van der Waals surface area contributed by atoms with Crippen LogP contribution in [0.1, 0.15) is 47.4 Å². The number of fused-ring (bicyclic) bond motifs is 2. The van der Waals surface area contributed by atoms with E-state index in [0.29, 0.717) is 17.5 Å². The van der Waals surface area contributed by atoms with Gasteiger partial charge in [-0.15, -0.1) is 0 Å². The van der Waals surface area contributed by atoms with Gasteiger partial charge in [-0.25, -0.2) is 0 Å². The lowest BCUT2D eigenvalue weighted by Crippen LogP contribution is -2.28. The molecule has 0 fully saturated rings. The number of rotatable bonds is 6. The largest absolute Gasteiger partial charge is 0.496 e. The summed E-state index contributed by atoms with van der Waals surface area (Å²) < 4.78 is 5.59. The van der Waals surface area contributed by atoms with Crippen molar-refractivity contribution in [2.24, 2.45) is 0 Å². The Hall–Kier alpha value is -1.78. The van der Waals surface area contributed by atoms with Crippen molar-refractivity contribution in [1.82, 2.24) is 4.90 Å². The molecule has 4 heteroatoms. The third-order valence-corrected chi connectivity index (χ3v) is 7.12. The van der Waals surface area contributed by atoms with Gasteiger partial charge in [0.2, 0.25) is 0 Å². The average molecular weight is 396 g/mol. The minimum Gasteiger partial charge on any atom is -0.496 e. The first-order valence-corrected chi connectivity index (χ1v) is 11.1. The molecule has 1 atom stereocenters. The summed E-state index contributed by atoms with van der Waals surface area (Å²) in [5.41, 5.74) is 5.62. The predicted molar refractivity (Wildman–Crippen MR) is 116 cm³/mol. The van der Waals surface area contributed by atoms with Gasteiger partial charge in [0.25, 0.3) is 0 Å². The zero-order chi connectivity index (χ0) is 19.5. The number of carbonyl (C=O) groups excluding carboxylic acids is 1. The summed E-state index contributed by atoms with van der Waals surface area (Å²) in [5.74, 6) is 1.64. The number of nitrogens with zero attached hydrogens (tertiary/aromatic N) is 1. The number of thioether (sulfide) groups is 1. The molecular weight excluding hydrogens is 366 g/mol. The first-order valence-electron chi connectivity index (χ1n) is 10.3. The van der Waals surface area contributed by atoms with Crippen molar-refractivity contribution < 1.29 is 9.53 Å². The summed E-state index contributed by atoms with van der Waals surface area (Å²) in [6.07, 6.45) is 6.26. The number of hydrogen-bond acceptors (Lipinski definition) is 4. The zero-order valence-electron chi connectivity index (χ0n) is 16.9. The van der Waals surface area contributed by atoms with Gasteiger partial charge in [-0.3, -0.25) is 4.79 Å². The van der Waals surface area contributed by atoms with Crippen molar-refractivity contribution in [2.45, 2.75) is 49.3 Å². The molecule has 3 nitrogen and oxygen atoms in total. The highest BCUT2D eigenvalue weighted by molar-refractivity contribution is 8.13. The number of likely N-dealkylation sites (N-methyl/N-ethyl adjacent to an activating group) is 1. The van der Waals surface area contributed by atoms with E-state index in [1.54, 1.807) is 7.11 Å². The van der Waals surface area contributed by atoms with Crippen molar-refractivity contribution in [3.05, 3.63) is 58.7 Å². The van der Waals surface area contributed by atoms with E-state index in [2.05, 4.69) is 48.3 Å². The summed E-state index contributed by atoms with van der Waals surface area (Å²) in [5, 5.41) is 0.296. The van der Waals surface area contributed by atoms with E-state index in [4.69, 9.17) is 4.74 Å². The van der Waals surface area contributed by atoms with E-state index in [9.17, 15) is 4.79 Å². The van der Waals surface area contributed by atoms with Crippen LogP contribution < -0.4 is 4.74 Å². The van der Waals surface area contributed by atoms with Gasteiger partial charge in [0, 0.05) is 24.4 Å².